The Bertz CT molecular complexity index is 594. The SMILES string of the molecule is CCCNc1c(C)c(C)nc2cc(Cl)cc(Cl)c12. The first kappa shape index (κ1) is 13.4. The molecule has 18 heavy (non-hydrogen) atoms. The van der Waals surface area contributed by atoms with Crippen molar-refractivity contribution < 1.29 is 0 Å². The average Bonchev–Trinajstić information content (AvgIpc) is 2.30. The van der Waals surface area contributed by atoms with Crippen molar-refractivity contribution in [3.63, 3.8) is 0 Å². The molecule has 0 aliphatic carbocycles. The van der Waals surface area contributed by atoms with Gasteiger partial charge >= 0.3 is 0 Å². The molecule has 0 unspecified atom stereocenters. The predicted molar refractivity (Wildman–Crippen MR) is 80.0 cm³/mol. The smallest absolute Gasteiger partial charge is 0.0756 e. The topological polar surface area (TPSA) is 24.9 Å². The molecule has 4 heteroatoms. The third-order valence-electron chi connectivity index (χ3n) is 3.04. The van der Waals surface area contributed by atoms with Crippen molar-refractivity contribution in [1.82, 2.24) is 4.98 Å². The van der Waals surface area contributed by atoms with Crippen LogP contribution in [-0.4, -0.2) is 11.5 Å². The van der Waals surface area contributed by atoms with Crippen molar-refractivity contribution in [1.29, 1.82) is 0 Å². The maximum Gasteiger partial charge on any atom is 0.0756 e. The number of anilines is 1. The fraction of sp³-hybridized carbons (Fsp3) is 0.357. The van der Waals surface area contributed by atoms with Crippen LogP contribution in [-0.2, 0) is 0 Å². The number of aryl methyl sites for hydroxylation is 1. The molecule has 1 aromatic carbocycles. The predicted octanol–water partition coefficient (Wildman–Crippen LogP) is 4.98. The van der Waals surface area contributed by atoms with Gasteiger partial charge in [-0.25, -0.2) is 0 Å². The van der Waals surface area contributed by atoms with E-state index in [9.17, 15) is 0 Å². The molecule has 0 amide bonds. The summed E-state index contributed by atoms with van der Waals surface area (Å²) in [5, 5.41) is 5.66. The summed E-state index contributed by atoms with van der Waals surface area (Å²) in [6.07, 6.45) is 1.06. The van der Waals surface area contributed by atoms with Crippen LogP contribution in [0, 0.1) is 13.8 Å². The Labute approximate surface area is 117 Å². The maximum absolute atomic E-state index is 6.31. The summed E-state index contributed by atoms with van der Waals surface area (Å²) in [4.78, 5) is 4.56. The summed E-state index contributed by atoms with van der Waals surface area (Å²) in [6.45, 7) is 7.11. The Kier molecular flexibility index (Phi) is 3.98. The highest BCUT2D eigenvalue weighted by atomic mass is 35.5. The van der Waals surface area contributed by atoms with Gasteiger partial charge in [-0.05, 0) is 38.0 Å². The molecule has 1 aromatic heterocycles. The fourth-order valence-electron chi connectivity index (χ4n) is 2.00. The standard InChI is InChI=1S/C14H16Cl2N2/c1-4-5-17-14-8(2)9(3)18-12-7-10(15)6-11(16)13(12)14/h6-7H,4-5H2,1-3H3,(H,17,18). The van der Waals surface area contributed by atoms with Gasteiger partial charge in [-0.2, -0.15) is 0 Å². The van der Waals surface area contributed by atoms with Gasteiger partial charge in [0.1, 0.15) is 0 Å². The quantitative estimate of drug-likeness (QED) is 0.859. The number of nitrogens with one attached hydrogen (secondary N) is 1. The molecule has 0 spiro atoms. The van der Waals surface area contributed by atoms with E-state index >= 15 is 0 Å². The maximum atomic E-state index is 6.31. The van der Waals surface area contributed by atoms with Gasteiger partial charge in [-0.1, -0.05) is 30.1 Å². The van der Waals surface area contributed by atoms with Gasteiger partial charge < -0.3 is 5.32 Å². The van der Waals surface area contributed by atoms with Crippen LogP contribution in [0.2, 0.25) is 10.0 Å². The van der Waals surface area contributed by atoms with Crippen LogP contribution in [0.15, 0.2) is 12.1 Å². The van der Waals surface area contributed by atoms with E-state index in [1.165, 1.54) is 0 Å². The van der Waals surface area contributed by atoms with Crippen LogP contribution in [0.25, 0.3) is 10.9 Å². The molecule has 1 heterocycles. The van der Waals surface area contributed by atoms with Crippen LogP contribution in [0.5, 0.6) is 0 Å². The number of halogens is 2. The van der Waals surface area contributed by atoms with E-state index in [0.29, 0.717) is 10.0 Å². The number of fused-ring (bicyclic) bond motifs is 1. The lowest BCUT2D eigenvalue weighted by atomic mass is 10.1. The first-order valence-electron chi connectivity index (χ1n) is 6.04. The molecule has 0 aliphatic heterocycles. The van der Waals surface area contributed by atoms with Crippen molar-refractivity contribution in [3.05, 3.63) is 33.4 Å². The fourth-order valence-corrected chi connectivity index (χ4v) is 2.58. The van der Waals surface area contributed by atoms with E-state index in [0.717, 1.165) is 40.8 Å². The van der Waals surface area contributed by atoms with Crippen LogP contribution in [0.4, 0.5) is 5.69 Å². The Morgan fingerprint density at radius 1 is 1.22 bits per heavy atom. The zero-order chi connectivity index (χ0) is 13.3. The monoisotopic (exact) mass is 282 g/mol. The van der Waals surface area contributed by atoms with E-state index in [1.807, 2.05) is 13.0 Å². The second-order valence-electron chi connectivity index (χ2n) is 4.41. The molecule has 0 fully saturated rings. The summed E-state index contributed by atoms with van der Waals surface area (Å²) < 4.78 is 0. The molecule has 0 saturated carbocycles. The second-order valence-corrected chi connectivity index (χ2v) is 5.25. The zero-order valence-electron chi connectivity index (χ0n) is 10.8. The lowest BCUT2D eigenvalue weighted by Gasteiger charge is -2.15. The van der Waals surface area contributed by atoms with Crippen molar-refractivity contribution in [3.8, 4) is 0 Å². The summed E-state index contributed by atoms with van der Waals surface area (Å²) in [6, 6.07) is 3.62. The van der Waals surface area contributed by atoms with Crippen LogP contribution >= 0.6 is 23.2 Å². The Hall–Kier alpha value is -0.990. The Morgan fingerprint density at radius 2 is 1.94 bits per heavy atom. The molecule has 2 aromatic rings. The highest BCUT2D eigenvalue weighted by Gasteiger charge is 2.12. The highest BCUT2D eigenvalue weighted by molar-refractivity contribution is 6.39. The van der Waals surface area contributed by atoms with Gasteiger partial charge in [-0.15, -0.1) is 0 Å². The molecule has 0 aliphatic rings. The second kappa shape index (κ2) is 5.33. The first-order valence-corrected chi connectivity index (χ1v) is 6.80. The van der Waals surface area contributed by atoms with Crippen molar-refractivity contribution in [2.75, 3.05) is 11.9 Å². The third-order valence-corrected chi connectivity index (χ3v) is 3.56. The summed E-state index contributed by atoms with van der Waals surface area (Å²) in [7, 11) is 0. The lowest BCUT2D eigenvalue weighted by molar-refractivity contribution is 0.977. The van der Waals surface area contributed by atoms with Gasteiger partial charge in [0.05, 0.1) is 10.5 Å². The van der Waals surface area contributed by atoms with Crippen molar-refractivity contribution >= 4 is 39.8 Å². The average molecular weight is 283 g/mol. The van der Waals surface area contributed by atoms with E-state index in [4.69, 9.17) is 23.2 Å². The highest BCUT2D eigenvalue weighted by Crippen LogP contribution is 2.35. The van der Waals surface area contributed by atoms with Gasteiger partial charge in [0.15, 0.2) is 0 Å². The third kappa shape index (κ3) is 2.40. The molecule has 2 rings (SSSR count). The molecular weight excluding hydrogens is 267 g/mol. The Morgan fingerprint density at radius 3 is 2.61 bits per heavy atom. The number of hydrogen-bond acceptors (Lipinski definition) is 2. The summed E-state index contributed by atoms with van der Waals surface area (Å²) in [5.74, 6) is 0. The molecule has 0 saturated heterocycles. The first-order chi connectivity index (χ1) is 8.54. The van der Waals surface area contributed by atoms with Gasteiger partial charge in [0, 0.05) is 28.3 Å². The number of benzene rings is 1. The van der Waals surface area contributed by atoms with E-state index in [1.54, 1.807) is 6.07 Å². The molecule has 0 bridgehead atoms. The van der Waals surface area contributed by atoms with Gasteiger partial charge in [0.25, 0.3) is 0 Å². The van der Waals surface area contributed by atoms with Crippen LogP contribution in [0.3, 0.4) is 0 Å². The van der Waals surface area contributed by atoms with Crippen LogP contribution in [0.1, 0.15) is 24.6 Å². The molecular formula is C14H16Cl2N2. The zero-order valence-corrected chi connectivity index (χ0v) is 12.3. The summed E-state index contributed by atoms with van der Waals surface area (Å²) in [5.41, 5.74) is 4.05. The number of hydrogen-bond donors (Lipinski definition) is 1. The minimum absolute atomic E-state index is 0.615. The molecule has 0 atom stereocenters. The normalized spacial score (nSPS) is 10.9. The minimum Gasteiger partial charge on any atom is -0.384 e. The minimum atomic E-state index is 0.615. The lowest BCUT2D eigenvalue weighted by Crippen LogP contribution is -2.05. The number of rotatable bonds is 3. The van der Waals surface area contributed by atoms with Gasteiger partial charge in [-0.3, -0.25) is 4.98 Å². The molecule has 1 N–H and O–H groups in total. The number of nitrogens with zero attached hydrogens (tertiary/aromatic N) is 1. The number of aromatic nitrogens is 1. The number of pyridine rings is 1. The van der Waals surface area contributed by atoms with Crippen molar-refractivity contribution in [2.45, 2.75) is 27.2 Å². The van der Waals surface area contributed by atoms with Crippen LogP contribution < -0.4 is 5.32 Å². The Balaban J connectivity index is 2.75. The molecule has 2 nitrogen and oxygen atoms in total. The van der Waals surface area contributed by atoms with E-state index in [-0.39, 0.29) is 0 Å². The molecule has 96 valence electrons. The largest absolute Gasteiger partial charge is 0.384 e. The van der Waals surface area contributed by atoms with E-state index < -0.39 is 0 Å². The van der Waals surface area contributed by atoms with E-state index in [2.05, 4.69) is 24.1 Å². The molecule has 0 radical (unpaired) electrons. The van der Waals surface area contributed by atoms with Crippen molar-refractivity contribution in [2.24, 2.45) is 0 Å². The summed E-state index contributed by atoms with van der Waals surface area (Å²) >= 11 is 12.3. The van der Waals surface area contributed by atoms with Gasteiger partial charge in [0.2, 0.25) is 0 Å².